The SMILES string of the molecule is C/C(=N\N=C1/C(=O)Nc2cc(Cl)ccc21)C1Cc2ccccc2OC1=O. The zero-order chi connectivity index (χ0) is 18.3. The van der Waals surface area contributed by atoms with Gasteiger partial charge in [0, 0.05) is 10.6 Å². The molecule has 0 saturated carbocycles. The summed E-state index contributed by atoms with van der Waals surface area (Å²) in [6, 6.07) is 12.4. The number of nitrogens with zero attached hydrogens (tertiary/aromatic N) is 2. The molecule has 26 heavy (non-hydrogen) atoms. The number of ether oxygens (including phenoxy) is 1. The van der Waals surface area contributed by atoms with Gasteiger partial charge in [-0.25, -0.2) is 0 Å². The largest absolute Gasteiger partial charge is 0.426 e. The topological polar surface area (TPSA) is 80.1 Å². The number of halogens is 1. The van der Waals surface area contributed by atoms with E-state index in [2.05, 4.69) is 15.5 Å². The molecule has 2 heterocycles. The number of hydrogen-bond donors (Lipinski definition) is 1. The van der Waals surface area contributed by atoms with Crippen molar-refractivity contribution in [2.75, 3.05) is 5.32 Å². The van der Waals surface area contributed by atoms with Crippen molar-refractivity contribution < 1.29 is 14.3 Å². The van der Waals surface area contributed by atoms with E-state index in [-0.39, 0.29) is 17.6 Å². The van der Waals surface area contributed by atoms with Crippen LogP contribution in [-0.4, -0.2) is 23.3 Å². The average Bonchev–Trinajstić information content (AvgIpc) is 2.93. The van der Waals surface area contributed by atoms with Gasteiger partial charge >= 0.3 is 5.97 Å². The van der Waals surface area contributed by atoms with Crippen molar-refractivity contribution in [3.63, 3.8) is 0 Å². The highest BCUT2D eigenvalue weighted by molar-refractivity contribution is 6.54. The van der Waals surface area contributed by atoms with Gasteiger partial charge in [0.15, 0.2) is 5.71 Å². The van der Waals surface area contributed by atoms with Crippen molar-refractivity contribution >= 4 is 40.6 Å². The summed E-state index contributed by atoms with van der Waals surface area (Å²) in [6.45, 7) is 1.71. The van der Waals surface area contributed by atoms with Crippen LogP contribution in [0, 0.1) is 5.92 Å². The van der Waals surface area contributed by atoms with Gasteiger partial charge in [-0.05, 0) is 43.2 Å². The monoisotopic (exact) mass is 367 g/mol. The van der Waals surface area contributed by atoms with E-state index in [0.29, 0.717) is 34.2 Å². The van der Waals surface area contributed by atoms with Gasteiger partial charge in [-0.3, -0.25) is 9.59 Å². The maximum atomic E-state index is 12.2. The smallest absolute Gasteiger partial charge is 0.320 e. The highest BCUT2D eigenvalue weighted by Gasteiger charge is 2.31. The van der Waals surface area contributed by atoms with Gasteiger partial charge < -0.3 is 10.1 Å². The summed E-state index contributed by atoms with van der Waals surface area (Å²) < 4.78 is 5.37. The van der Waals surface area contributed by atoms with E-state index in [1.54, 1.807) is 31.2 Å². The Kier molecular flexibility index (Phi) is 4.05. The average molecular weight is 368 g/mol. The molecule has 0 saturated heterocycles. The Bertz CT molecular complexity index is 997. The molecule has 0 aliphatic carbocycles. The van der Waals surface area contributed by atoms with E-state index in [0.717, 1.165) is 5.56 Å². The number of carbonyl (C=O) groups is 2. The van der Waals surface area contributed by atoms with Crippen LogP contribution < -0.4 is 10.1 Å². The normalized spacial score (nSPS) is 20.5. The number of hydrogen-bond acceptors (Lipinski definition) is 5. The summed E-state index contributed by atoms with van der Waals surface area (Å²) in [5.41, 5.74) is 2.86. The highest BCUT2D eigenvalue weighted by atomic mass is 35.5. The predicted octanol–water partition coefficient (Wildman–Crippen LogP) is 3.24. The molecule has 2 aromatic rings. The van der Waals surface area contributed by atoms with Gasteiger partial charge in [-0.2, -0.15) is 5.10 Å². The molecular formula is C19H14ClN3O3. The summed E-state index contributed by atoms with van der Waals surface area (Å²) in [5, 5.41) is 11.4. The summed E-state index contributed by atoms with van der Waals surface area (Å²) in [5.74, 6) is -0.666. The van der Waals surface area contributed by atoms with Crippen LogP contribution in [-0.2, 0) is 16.0 Å². The van der Waals surface area contributed by atoms with E-state index in [1.807, 2.05) is 18.2 Å². The second-order valence-corrected chi connectivity index (χ2v) is 6.56. The van der Waals surface area contributed by atoms with Crippen molar-refractivity contribution in [1.29, 1.82) is 0 Å². The molecule has 130 valence electrons. The summed E-state index contributed by atoms with van der Waals surface area (Å²) in [6.07, 6.45) is 0.494. The third-order valence-corrected chi connectivity index (χ3v) is 4.64. The van der Waals surface area contributed by atoms with Crippen LogP contribution in [0.15, 0.2) is 52.7 Å². The molecule has 2 aliphatic rings. The molecule has 1 amide bonds. The van der Waals surface area contributed by atoms with Crippen LogP contribution in [0.4, 0.5) is 5.69 Å². The van der Waals surface area contributed by atoms with Crippen LogP contribution in [0.5, 0.6) is 5.75 Å². The standard InChI is InChI=1S/C19H14ClN3O3/c1-10(14-8-11-4-2-3-5-16(11)26-19(14)25)22-23-17-13-7-6-12(20)9-15(13)21-18(17)24/h2-7,9,14H,8H2,1H3,(H,21,23,24)/b22-10+. The van der Waals surface area contributed by atoms with Crippen LogP contribution in [0.2, 0.25) is 5.02 Å². The Labute approximate surface area is 154 Å². The van der Waals surface area contributed by atoms with Crippen LogP contribution in [0.25, 0.3) is 0 Å². The Morgan fingerprint density at radius 2 is 2.04 bits per heavy atom. The molecule has 1 atom stereocenters. The molecule has 6 nitrogen and oxygen atoms in total. The van der Waals surface area contributed by atoms with Gasteiger partial charge in [-0.15, -0.1) is 5.10 Å². The lowest BCUT2D eigenvalue weighted by molar-refractivity contribution is -0.137. The van der Waals surface area contributed by atoms with Crippen LogP contribution in [0.1, 0.15) is 18.1 Å². The zero-order valence-corrected chi connectivity index (χ0v) is 14.6. The minimum atomic E-state index is -0.525. The van der Waals surface area contributed by atoms with E-state index in [9.17, 15) is 9.59 Å². The molecule has 0 fully saturated rings. The number of amides is 1. The molecular weight excluding hydrogens is 354 g/mol. The maximum Gasteiger partial charge on any atom is 0.320 e. The Morgan fingerprint density at radius 1 is 1.23 bits per heavy atom. The molecule has 1 unspecified atom stereocenters. The summed E-state index contributed by atoms with van der Waals surface area (Å²) >= 11 is 5.94. The quantitative estimate of drug-likeness (QED) is 0.383. The lowest BCUT2D eigenvalue weighted by Crippen LogP contribution is -2.32. The van der Waals surface area contributed by atoms with E-state index in [1.165, 1.54) is 0 Å². The fourth-order valence-corrected chi connectivity index (χ4v) is 3.17. The molecule has 1 N–H and O–H groups in total. The number of anilines is 1. The third-order valence-electron chi connectivity index (χ3n) is 4.40. The Morgan fingerprint density at radius 3 is 2.88 bits per heavy atom. The number of benzene rings is 2. The third kappa shape index (κ3) is 2.88. The number of para-hydroxylation sites is 1. The van der Waals surface area contributed by atoms with Crippen LogP contribution in [0.3, 0.4) is 0 Å². The molecule has 2 aromatic carbocycles. The fraction of sp³-hybridized carbons (Fsp3) is 0.158. The highest BCUT2D eigenvalue weighted by Crippen LogP contribution is 2.29. The van der Waals surface area contributed by atoms with E-state index >= 15 is 0 Å². The second-order valence-electron chi connectivity index (χ2n) is 6.12. The fourth-order valence-electron chi connectivity index (χ4n) is 3.00. The first-order valence-electron chi connectivity index (χ1n) is 8.06. The maximum absolute atomic E-state index is 12.2. The minimum Gasteiger partial charge on any atom is -0.426 e. The molecule has 0 radical (unpaired) electrons. The van der Waals surface area contributed by atoms with Gasteiger partial charge in [-0.1, -0.05) is 29.8 Å². The van der Waals surface area contributed by atoms with Crippen LogP contribution >= 0.6 is 11.6 Å². The molecule has 4 rings (SSSR count). The number of nitrogens with one attached hydrogen (secondary N) is 1. The van der Waals surface area contributed by atoms with E-state index in [4.69, 9.17) is 16.3 Å². The minimum absolute atomic E-state index is 0.195. The first kappa shape index (κ1) is 16.5. The van der Waals surface area contributed by atoms with Gasteiger partial charge in [0.25, 0.3) is 5.91 Å². The summed E-state index contributed by atoms with van der Waals surface area (Å²) in [7, 11) is 0. The molecule has 7 heteroatoms. The van der Waals surface area contributed by atoms with E-state index < -0.39 is 5.92 Å². The number of fused-ring (bicyclic) bond motifs is 2. The van der Waals surface area contributed by atoms with Gasteiger partial charge in [0.1, 0.15) is 11.7 Å². The van der Waals surface area contributed by atoms with Gasteiger partial charge in [0.2, 0.25) is 0 Å². The summed E-state index contributed by atoms with van der Waals surface area (Å²) in [4.78, 5) is 24.4. The van der Waals surface area contributed by atoms with Crippen molar-refractivity contribution in [2.45, 2.75) is 13.3 Å². The van der Waals surface area contributed by atoms with Crippen molar-refractivity contribution in [2.24, 2.45) is 16.1 Å². The molecule has 0 aromatic heterocycles. The molecule has 0 bridgehead atoms. The lowest BCUT2D eigenvalue weighted by Gasteiger charge is -2.22. The van der Waals surface area contributed by atoms with Crippen molar-refractivity contribution in [1.82, 2.24) is 0 Å². The lowest BCUT2D eigenvalue weighted by atomic mass is 9.93. The zero-order valence-electron chi connectivity index (χ0n) is 13.8. The van der Waals surface area contributed by atoms with Crippen molar-refractivity contribution in [3.05, 3.63) is 58.6 Å². The first-order chi connectivity index (χ1) is 12.5. The first-order valence-corrected chi connectivity index (χ1v) is 8.44. The number of esters is 1. The predicted molar refractivity (Wildman–Crippen MR) is 99.0 cm³/mol. The molecule has 0 spiro atoms. The number of rotatable bonds is 2. The Hall–Kier alpha value is -2.99. The number of carbonyl (C=O) groups excluding carboxylic acids is 2. The Balaban J connectivity index is 1.62. The van der Waals surface area contributed by atoms with Gasteiger partial charge in [0.05, 0.1) is 11.4 Å². The molecule has 2 aliphatic heterocycles. The van der Waals surface area contributed by atoms with Crippen molar-refractivity contribution in [3.8, 4) is 5.75 Å². The second kappa shape index (κ2) is 6.38.